The lowest BCUT2D eigenvalue weighted by Gasteiger charge is -2.31. The van der Waals surface area contributed by atoms with Crippen molar-refractivity contribution < 1.29 is 93.8 Å². The van der Waals surface area contributed by atoms with E-state index in [9.17, 15) is 33.4 Å². The van der Waals surface area contributed by atoms with Crippen molar-refractivity contribution in [2.75, 3.05) is 173 Å². The van der Waals surface area contributed by atoms with E-state index in [1.165, 1.54) is 0 Å². The highest BCUT2D eigenvalue weighted by Crippen LogP contribution is 2.38. The Labute approximate surface area is 374 Å². The fourth-order valence-electron chi connectivity index (χ4n) is 3.94. The van der Waals surface area contributed by atoms with Crippen LogP contribution in [0.4, 0.5) is 0 Å². The van der Waals surface area contributed by atoms with Crippen LogP contribution in [0.15, 0.2) is 0 Å². The third kappa shape index (κ3) is 63.7. The molecule has 23 heteroatoms. The SMILES string of the molecule is C1COCCOCCOCCOCCOCCO1.CCOC(=O)CCCCCBr.CCOC(=O)CCCCCOP(=O)([O-])OCC[N+](C)(C)C.C[N+](C)(C)CCOP(=O)([O-])[O-]. The lowest BCUT2D eigenvalue weighted by atomic mass is 10.2. The van der Waals surface area contributed by atoms with Gasteiger partial charge in [-0.1, -0.05) is 28.8 Å². The zero-order valence-electron chi connectivity index (χ0n) is 38.3. The molecule has 1 rings (SSSR count). The Hall–Kier alpha value is -0.680. The minimum Gasteiger partial charge on any atom is -0.790 e. The number of unbranched alkanes of at least 4 members (excludes halogenated alkanes) is 4. The molecule has 1 heterocycles. The van der Waals surface area contributed by atoms with E-state index in [-0.39, 0.29) is 31.8 Å². The topological polar surface area (TPSA) is 239 Å². The van der Waals surface area contributed by atoms with Crippen molar-refractivity contribution in [1.82, 2.24) is 0 Å². The fraction of sp³-hybridized carbons (Fsp3) is 0.947. The highest BCUT2D eigenvalue weighted by Gasteiger charge is 2.13. The van der Waals surface area contributed by atoms with Gasteiger partial charge in [0.2, 0.25) is 0 Å². The van der Waals surface area contributed by atoms with E-state index in [4.69, 9.17) is 46.9 Å². The van der Waals surface area contributed by atoms with Gasteiger partial charge in [-0.2, -0.15) is 0 Å². The van der Waals surface area contributed by atoms with Gasteiger partial charge in [-0.05, 0) is 39.5 Å². The number of esters is 2. The number of phosphoric ester groups is 2. The first kappa shape index (κ1) is 64.6. The second kappa shape index (κ2) is 43.2. The third-order valence-corrected chi connectivity index (χ3v) is 9.21. The molecular weight excluding hydrogens is 914 g/mol. The molecule has 0 aromatic carbocycles. The van der Waals surface area contributed by atoms with Crippen LogP contribution in [0.3, 0.4) is 0 Å². The van der Waals surface area contributed by atoms with Crippen LogP contribution in [0.25, 0.3) is 0 Å². The lowest BCUT2D eigenvalue weighted by molar-refractivity contribution is -0.870. The summed E-state index contributed by atoms with van der Waals surface area (Å²) in [7, 11) is 2.51. The Morgan fingerprint density at radius 3 is 1.11 bits per heavy atom. The van der Waals surface area contributed by atoms with Crippen LogP contribution in [0.2, 0.25) is 0 Å². The molecule has 0 saturated carbocycles. The summed E-state index contributed by atoms with van der Waals surface area (Å²) in [5.74, 6) is -0.293. The van der Waals surface area contributed by atoms with Crippen LogP contribution in [0.5, 0.6) is 0 Å². The van der Waals surface area contributed by atoms with Gasteiger partial charge in [0.25, 0.3) is 7.82 Å². The average Bonchev–Trinajstić information content (AvgIpc) is 3.14. The van der Waals surface area contributed by atoms with Gasteiger partial charge >= 0.3 is 11.9 Å². The molecule has 1 unspecified atom stereocenters. The summed E-state index contributed by atoms with van der Waals surface area (Å²) in [5, 5.41) is 1.02. The van der Waals surface area contributed by atoms with Gasteiger partial charge < -0.3 is 79.7 Å². The van der Waals surface area contributed by atoms with Gasteiger partial charge in [0, 0.05) is 18.2 Å². The van der Waals surface area contributed by atoms with Crippen LogP contribution in [-0.4, -0.2) is 194 Å². The van der Waals surface area contributed by atoms with Crippen LogP contribution in [0.1, 0.15) is 65.2 Å². The maximum atomic E-state index is 11.4. The number of alkyl halides is 1. The van der Waals surface area contributed by atoms with Gasteiger partial charge in [-0.3, -0.25) is 14.2 Å². The Bertz CT molecular complexity index is 1020. The number of likely N-dealkylation sites (N-methyl/N-ethyl adjacent to an activating group) is 2. The first-order valence-electron chi connectivity index (χ1n) is 20.9. The van der Waals surface area contributed by atoms with Gasteiger partial charge in [0.15, 0.2) is 0 Å². The average molecular weight is 995 g/mol. The van der Waals surface area contributed by atoms with Crippen molar-refractivity contribution in [1.29, 1.82) is 0 Å². The fourth-order valence-corrected chi connectivity index (χ4v) is 5.38. The van der Waals surface area contributed by atoms with Gasteiger partial charge in [-0.25, -0.2) is 0 Å². The van der Waals surface area contributed by atoms with Gasteiger partial charge in [-0.15, -0.1) is 0 Å². The molecule has 0 bridgehead atoms. The van der Waals surface area contributed by atoms with Gasteiger partial charge in [0.1, 0.15) is 26.3 Å². The van der Waals surface area contributed by atoms with E-state index < -0.39 is 15.6 Å². The number of quaternary nitrogens is 2. The third-order valence-electron chi connectivity index (χ3n) is 7.15. The maximum absolute atomic E-state index is 11.4. The highest BCUT2D eigenvalue weighted by atomic mass is 79.9. The molecule has 0 amide bonds. The summed E-state index contributed by atoms with van der Waals surface area (Å²) in [4.78, 5) is 53.2. The Kier molecular flexibility index (Phi) is 45.8. The second-order valence-electron chi connectivity index (χ2n) is 15.0. The Balaban J connectivity index is -0.000000765. The predicted octanol–water partition coefficient (Wildman–Crippen LogP) is 2.46. The van der Waals surface area contributed by atoms with Gasteiger partial charge in [0.05, 0.1) is 149 Å². The second-order valence-corrected chi connectivity index (χ2v) is 18.4. The zero-order valence-corrected chi connectivity index (χ0v) is 41.7. The number of nitrogens with zero attached hydrogens (tertiary/aromatic N) is 2. The number of phosphoric acid groups is 2. The molecule has 0 aromatic heterocycles. The van der Waals surface area contributed by atoms with Crippen molar-refractivity contribution in [3.8, 4) is 0 Å². The summed E-state index contributed by atoms with van der Waals surface area (Å²) in [6.07, 6.45) is 6.04. The summed E-state index contributed by atoms with van der Waals surface area (Å²) in [5.41, 5.74) is 0. The largest absolute Gasteiger partial charge is 0.790 e. The molecule has 0 spiro atoms. The predicted molar refractivity (Wildman–Crippen MR) is 228 cm³/mol. The number of hydrogen-bond donors (Lipinski definition) is 0. The molecule has 0 aromatic rings. The minimum absolute atomic E-state index is 0.0478. The number of rotatable bonds is 22. The van der Waals surface area contributed by atoms with Crippen LogP contribution in [0, 0.1) is 0 Å². The summed E-state index contributed by atoms with van der Waals surface area (Å²) < 4.78 is 77.7. The maximum Gasteiger partial charge on any atom is 0.305 e. The van der Waals surface area contributed by atoms with E-state index >= 15 is 0 Å². The molecule has 0 N–H and O–H groups in total. The van der Waals surface area contributed by atoms with Crippen LogP contribution >= 0.6 is 31.6 Å². The quantitative estimate of drug-likeness (QED) is 0.0498. The molecule has 0 radical (unpaired) electrons. The van der Waals surface area contributed by atoms with Crippen molar-refractivity contribution in [3.05, 3.63) is 0 Å². The molecule has 0 aliphatic carbocycles. The summed E-state index contributed by atoms with van der Waals surface area (Å²) >= 11 is 3.33. The van der Waals surface area contributed by atoms with Crippen molar-refractivity contribution >= 4 is 43.5 Å². The molecular formula is C38H80BrN2O18P2-. The molecule has 1 aliphatic heterocycles. The Morgan fingerprint density at radius 1 is 0.508 bits per heavy atom. The Morgan fingerprint density at radius 2 is 0.820 bits per heavy atom. The van der Waals surface area contributed by atoms with Crippen LogP contribution in [-0.2, 0) is 70.2 Å². The first-order valence-corrected chi connectivity index (χ1v) is 24.9. The summed E-state index contributed by atoms with van der Waals surface area (Å²) in [6, 6.07) is 0. The molecule has 61 heavy (non-hydrogen) atoms. The van der Waals surface area contributed by atoms with Crippen molar-refractivity contribution in [3.63, 3.8) is 0 Å². The zero-order chi connectivity index (χ0) is 46.7. The normalized spacial score (nSPS) is 16.3. The van der Waals surface area contributed by atoms with E-state index in [2.05, 4.69) is 20.5 Å². The van der Waals surface area contributed by atoms with Crippen LogP contribution < -0.4 is 14.7 Å². The number of halogens is 1. The lowest BCUT2D eigenvalue weighted by Crippen LogP contribution is -2.38. The van der Waals surface area contributed by atoms with E-state index in [1.54, 1.807) is 6.92 Å². The molecule has 1 saturated heterocycles. The van der Waals surface area contributed by atoms with Crippen molar-refractivity contribution in [2.24, 2.45) is 0 Å². The van der Waals surface area contributed by atoms with E-state index in [0.717, 1.165) is 24.6 Å². The summed E-state index contributed by atoms with van der Waals surface area (Å²) in [6.45, 7) is 12.7. The molecule has 1 atom stereocenters. The highest BCUT2D eigenvalue weighted by molar-refractivity contribution is 9.09. The van der Waals surface area contributed by atoms with Crippen molar-refractivity contribution in [2.45, 2.75) is 65.2 Å². The minimum atomic E-state index is -4.76. The smallest absolute Gasteiger partial charge is 0.305 e. The number of ether oxygens (including phenoxy) is 8. The monoisotopic (exact) mass is 993 g/mol. The molecule has 368 valence electrons. The number of hydrogen-bond acceptors (Lipinski definition) is 18. The number of carbonyl (C=O) groups excluding carboxylic acids is 2. The van der Waals surface area contributed by atoms with E-state index in [1.807, 2.05) is 49.2 Å². The molecule has 1 aliphatic rings. The molecule has 1 fully saturated rings. The molecule has 20 nitrogen and oxygen atoms in total. The standard InChI is InChI=1S/C13H28NO6P.C12H24O6.C8H15BrO2.C5H14NO4P/c1-5-18-13(15)9-7-6-8-11-19-21(16,17)20-12-10-14(2,3)4;1-2-14-5-6-16-9-10-18-12-11-17-8-7-15-4-3-13-1;1-2-11-8(10)6-4-3-5-7-9;1-6(2,3)4-5-10-11(7,8)9/h5-12H2,1-4H3;1-12H2;2-7H2,1H3;4-5H2,1-3H3,(H-,7,8,9)/p-1. The number of carbonyl (C=O) groups is 2. The van der Waals surface area contributed by atoms with E-state index in [0.29, 0.717) is 147 Å². The first-order chi connectivity index (χ1) is 28.7.